The Morgan fingerprint density at radius 1 is 0.773 bits per heavy atom. The Kier molecular flexibility index (Phi) is 6.15. The van der Waals surface area contributed by atoms with E-state index in [1.54, 1.807) is 36.7 Å². The Balaban J connectivity index is 1.89. The monoisotopic (exact) mass is 424 g/mol. The molecule has 2 N–H and O–H groups in total. The number of halogens is 2. The van der Waals surface area contributed by atoms with Gasteiger partial charge in [0.05, 0.1) is 22.0 Å². The number of benzene rings is 2. The third-order valence-electron chi connectivity index (χ3n) is 2.85. The molecule has 0 fully saturated rings. The van der Waals surface area contributed by atoms with E-state index in [0.717, 1.165) is 0 Å². The van der Waals surface area contributed by atoms with Gasteiger partial charge >= 0.3 is 0 Å². The maximum Gasteiger partial charge on any atom is 0.138 e. The second-order valence-corrected chi connectivity index (χ2v) is 6.13. The van der Waals surface area contributed by atoms with Crippen LogP contribution in [0, 0.1) is 0 Å². The van der Waals surface area contributed by atoms with Gasteiger partial charge in [-0.25, -0.2) is 0 Å². The average molecular weight is 426 g/mol. The molecular weight excluding hydrogens is 412 g/mol. The highest BCUT2D eigenvalue weighted by atomic mass is 79.9. The molecule has 6 heteroatoms. The van der Waals surface area contributed by atoms with Crippen LogP contribution in [-0.2, 0) is 0 Å². The molecule has 0 aliphatic rings. The number of hydrogen-bond acceptors (Lipinski definition) is 4. The molecule has 0 spiro atoms. The number of para-hydroxylation sites is 2. The van der Waals surface area contributed by atoms with E-state index >= 15 is 0 Å². The van der Waals surface area contributed by atoms with Gasteiger partial charge in [0.15, 0.2) is 0 Å². The minimum Gasteiger partial charge on any atom is -0.506 e. The molecule has 2 aromatic carbocycles. The molecule has 0 aromatic heterocycles. The van der Waals surface area contributed by atoms with E-state index in [1.807, 2.05) is 12.1 Å². The maximum atomic E-state index is 9.81. The second kappa shape index (κ2) is 8.10. The first-order chi connectivity index (χ1) is 10.6. The fourth-order valence-corrected chi connectivity index (χ4v) is 2.48. The van der Waals surface area contributed by atoms with Gasteiger partial charge in [0, 0.05) is 23.6 Å². The van der Waals surface area contributed by atoms with Crippen LogP contribution in [0.1, 0.15) is 11.1 Å². The average Bonchev–Trinajstić information content (AvgIpc) is 2.51. The standard InChI is InChI=1S/C16H14Br2N2O2/c17-13-5-1-3-11(15(13)21)9-19-7-8-20-10-12-4-2-6-14(18)16(12)22/h1-6,9-10,21-22H,7-8H2/b19-9+,20-10+. The van der Waals surface area contributed by atoms with E-state index in [4.69, 9.17) is 0 Å². The first-order valence-electron chi connectivity index (χ1n) is 6.54. The summed E-state index contributed by atoms with van der Waals surface area (Å²) in [5.74, 6) is 0.350. The van der Waals surface area contributed by atoms with E-state index in [-0.39, 0.29) is 11.5 Å². The van der Waals surface area contributed by atoms with Crippen LogP contribution in [-0.4, -0.2) is 35.7 Å². The maximum absolute atomic E-state index is 9.81. The molecule has 0 saturated heterocycles. The smallest absolute Gasteiger partial charge is 0.138 e. The van der Waals surface area contributed by atoms with Crippen molar-refractivity contribution >= 4 is 44.3 Å². The van der Waals surface area contributed by atoms with Crippen LogP contribution in [0.5, 0.6) is 11.5 Å². The van der Waals surface area contributed by atoms with Gasteiger partial charge in [-0.3, -0.25) is 9.98 Å². The zero-order valence-electron chi connectivity index (χ0n) is 11.6. The van der Waals surface area contributed by atoms with Crippen molar-refractivity contribution in [3.63, 3.8) is 0 Å². The SMILES string of the molecule is Oc1c(Br)cccc1/C=N/CC/N=C/c1cccc(Br)c1O. The molecule has 0 bridgehead atoms. The molecule has 114 valence electrons. The summed E-state index contributed by atoms with van der Waals surface area (Å²) in [5.41, 5.74) is 1.31. The number of phenolic OH excluding ortho intramolecular Hbond substituents is 2. The zero-order valence-corrected chi connectivity index (χ0v) is 14.7. The Morgan fingerprint density at radius 3 is 1.59 bits per heavy atom. The number of aromatic hydroxyl groups is 2. The summed E-state index contributed by atoms with van der Waals surface area (Å²) in [5, 5.41) is 19.6. The number of aliphatic imine (C=N–C) groups is 2. The lowest BCUT2D eigenvalue weighted by Crippen LogP contribution is -1.91. The molecular formula is C16H14Br2N2O2. The quantitative estimate of drug-likeness (QED) is 0.557. The zero-order chi connectivity index (χ0) is 15.9. The molecule has 22 heavy (non-hydrogen) atoms. The normalized spacial score (nSPS) is 11.5. The summed E-state index contributed by atoms with van der Waals surface area (Å²) in [4.78, 5) is 8.45. The van der Waals surface area contributed by atoms with Crippen LogP contribution in [0.3, 0.4) is 0 Å². The molecule has 0 aliphatic carbocycles. The minimum absolute atomic E-state index is 0.175. The predicted octanol–water partition coefficient (Wildman–Crippen LogP) is 4.16. The van der Waals surface area contributed by atoms with Gasteiger partial charge in [-0.15, -0.1) is 0 Å². The largest absolute Gasteiger partial charge is 0.506 e. The third-order valence-corrected chi connectivity index (χ3v) is 4.13. The molecule has 0 aliphatic heterocycles. The summed E-state index contributed by atoms with van der Waals surface area (Å²) in [7, 11) is 0. The molecule has 0 heterocycles. The summed E-state index contributed by atoms with van der Waals surface area (Å²) < 4.78 is 1.28. The topological polar surface area (TPSA) is 65.2 Å². The Bertz CT molecular complexity index is 654. The first kappa shape index (κ1) is 16.7. The van der Waals surface area contributed by atoms with Crippen molar-refractivity contribution in [3.8, 4) is 11.5 Å². The van der Waals surface area contributed by atoms with Crippen LogP contribution >= 0.6 is 31.9 Å². The molecule has 2 aromatic rings. The highest BCUT2D eigenvalue weighted by Gasteiger charge is 2.02. The summed E-state index contributed by atoms with van der Waals surface area (Å²) in [6.45, 7) is 0.994. The lowest BCUT2D eigenvalue weighted by Gasteiger charge is -2.00. The van der Waals surface area contributed by atoms with E-state index in [2.05, 4.69) is 41.8 Å². The Morgan fingerprint density at radius 2 is 1.18 bits per heavy atom. The van der Waals surface area contributed by atoms with Gasteiger partial charge in [-0.2, -0.15) is 0 Å². The van der Waals surface area contributed by atoms with Crippen LogP contribution in [0.25, 0.3) is 0 Å². The van der Waals surface area contributed by atoms with Crippen molar-refractivity contribution in [2.45, 2.75) is 0 Å². The van der Waals surface area contributed by atoms with E-state index in [9.17, 15) is 10.2 Å². The lowest BCUT2D eigenvalue weighted by atomic mass is 10.2. The summed E-state index contributed by atoms with van der Waals surface area (Å²) >= 11 is 6.51. The first-order valence-corrected chi connectivity index (χ1v) is 8.13. The molecule has 0 atom stereocenters. The van der Waals surface area contributed by atoms with Crippen molar-refractivity contribution in [1.82, 2.24) is 0 Å². The Labute approximate surface area is 145 Å². The Hall–Kier alpha value is -1.66. The highest BCUT2D eigenvalue weighted by Crippen LogP contribution is 2.26. The van der Waals surface area contributed by atoms with Gasteiger partial charge in [0.1, 0.15) is 11.5 Å². The number of rotatable bonds is 5. The molecule has 0 amide bonds. The summed E-state index contributed by atoms with van der Waals surface area (Å²) in [6.07, 6.45) is 3.23. The van der Waals surface area contributed by atoms with Crippen LogP contribution in [0.15, 0.2) is 55.3 Å². The molecule has 0 saturated carbocycles. The van der Waals surface area contributed by atoms with Crippen LogP contribution in [0.2, 0.25) is 0 Å². The van der Waals surface area contributed by atoms with Gasteiger partial charge in [-0.05, 0) is 56.1 Å². The minimum atomic E-state index is 0.175. The van der Waals surface area contributed by atoms with Gasteiger partial charge < -0.3 is 10.2 Å². The van der Waals surface area contributed by atoms with Crippen molar-refractivity contribution in [1.29, 1.82) is 0 Å². The van der Waals surface area contributed by atoms with E-state index < -0.39 is 0 Å². The molecule has 2 rings (SSSR count). The van der Waals surface area contributed by atoms with E-state index in [0.29, 0.717) is 33.2 Å². The summed E-state index contributed by atoms with van der Waals surface area (Å²) in [6, 6.07) is 10.8. The molecule has 0 unspecified atom stereocenters. The third kappa shape index (κ3) is 4.42. The number of nitrogens with zero attached hydrogens (tertiary/aromatic N) is 2. The van der Waals surface area contributed by atoms with Gasteiger partial charge in [0.25, 0.3) is 0 Å². The van der Waals surface area contributed by atoms with Crippen molar-refractivity contribution in [3.05, 3.63) is 56.5 Å². The number of hydrogen-bond donors (Lipinski definition) is 2. The van der Waals surface area contributed by atoms with Crippen LogP contribution < -0.4 is 0 Å². The molecule has 4 nitrogen and oxygen atoms in total. The lowest BCUT2D eigenvalue weighted by molar-refractivity contribution is 0.470. The highest BCUT2D eigenvalue weighted by molar-refractivity contribution is 9.10. The molecule has 0 radical (unpaired) electrons. The van der Waals surface area contributed by atoms with Crippen molar-refractivity contribution in [2.24, 2.45) is 9.98 Å². The van der Waals surface area contributed by atoms with Crippen molar-refractivity contribution < 1.29 is 10.2 Å². The van der Waals surface area contributed by atoms with Gasteiger partial charge in [-0.1, -0.05) is 12.1 Å². The fraction of sp³-hybridized carbons (Fsp3) is 0.125. The van der Waals surface area contributed by atoms with Crippen molar-refractivity contribution in [2.75, 3.05) is 13.1 Å². The fourth-order valence-electron chi connectivity index (χ4n) is 1.71. The second-order valence-electron chi connectivity index (χ2n) is 4.43. The van der Waals surface area contributed by atoms with E-state index in [1.165, 1.54) is 0 Å². The van der Waals surface area contributed by atoms with Crippen LogP contribution in [0.4, 0.5) is 0 Å². The van der Waals surface area contributed by atoms with Gasteiger partial charge in [0.2, 0.25) is 0 Å². The number of phenols is 2. The predicted molar refractivity (Wildman–Crippen MR) is 96.5 cm³/mol.